The predicted octanol–water partition coefficient (Wildman–Crippen LogP) is 0.375. The van der Waals surface area contributed by atoms with Crippen molar-refractivity contribution in [1.29, 1.82) is 0 Å². The van der Waals surface area contributed by atoms with Crippen molar-refractivity contribution < 1.29 is 19.1 Å². The van der Waals surface area contributed by atoms with Crippen LogP contribution in [0, 0.1) is 0 Å². The summed E-state index contributed by atoms with van der Waals surface area (Å²) in [5.74, 6) is -1.40. The lowest BCUT2D eigenvalue weighted by molar-refractivity contribution is -0.150. The highest BCUT2D eigenvalue weighted by atomic mass is 32.2. The lowest BCUT2D eigenvalue weighted by atomic mass is 10.1. The van der Waals surface area contributed by atoms with Gasteiger partial charge in [-0.2, -0.15) is 11.8 Å². The van der Waals surface area contributed by atoms with E-state index in [1.165, 1.54) is 16.7 Å². The van der Waals surface area contributed by atoms with Crippen LogP contribution in [0.5, 0.6) is 0 Å². The number of amides is 1. The van der Waals surface area contributed by atoms with E-state index in [2.05, 4.69) is 0 Å². The highest BCUT2D eigenvalue weighted by Crippen LogP contribution is 2.26. The number of rotatable bonds is 3. The number of halogens is 1. The number of likely N-dealkylation sites (tertiary alicyclic amines) is 1. The lowest BCUT2D eigenvalue weighted by Gasteiger charge is -2.16. The normalized spacial score (nSPS) is 26.6. The molecule has 1 aliphatic rings. The third kappa shape index (κ3) is 2.17. The Kier molecular flexibility index (Phi) is 3.36. The van der Waals surface area contributed by atoms with Crippen LogP contribution in [0.1, 0.15) is 6.42 Å². The van der Waals surface area contributed by atoms with Crippen LogP contribution in [0.2, 0.25) is 0 Å². The Balaban J connectivity index is 2.56. The van der Waals surface area contributed by atoms with Gasteiger partial charge in [-0.1, -0.05) is 0 Å². The number of carboxylic acids is 1. The van der Waals surface area contributed by atoms with Gasteiger partial charge >= 0.3 is 5.97 Å². The van der Waals surface area contributed by atoms with Gasteiger partial charge in [0.2, 0.25) is 11.6 Å². The summed E-state index contributed by atoms with van der Waals surface area (Å²) in [5.41, 5.74) is -2.24. The average Bonchev–Trinajstić information content (AvgIpc) is 2.50. The Morgan fingerprint density at radius 1 is 1.64 bits per heavy atom. The van der Waals surface area contributed by atoms with Crippen molar-refractivity contribution in [2.45, 2.75) is 12.1 Å². The third-order valence-electron chi connectivity index (χ3n) is 2.22. The molecular formula is C8H12FNO3S. The van der Waals surface area contributed by atoms with Crippen LogP contribution >= 0.6 is 11.8 Å². The van der Waals surface area contributed by atoms with Gasteiger partial charge in [-0.3, -0.25) is 4.79 Å². The highest BCUT2D eigenvalue weighted by molar-refractivity contribution is 7.99. The molecule has 0 aliphatic carbocycles. The number of carbonyl (C=O) groups excluding carboxylic acids is 1. The molecule has 1 heterocycles. The van der Waals surface area contributed by atoms with Gasteiger partial charge in [0.05, 0.1) is 12.3 Å². The number of aliphatic carboxylic acids is 1. The van der Waals surface area contributed by atoms with Crippen molar-refractivity contribution >= 4 is 23.6 Å². The first-order valence-corrected chi connectivity index (χ1v) is 5.58. The Labute approximate surface area is 85.5 Å². The van der Waals surface area contributed by atoms with Crippen LogP contribution in [0.25, 0.3) is 0 Å². The van der Waals surface area contributed by atoms with Crippen molar-refractivity contribution in [3.63, 3.8) is 0 Å². The summed E-state index contributed by atoms with van der Waals surface area (Å²) in [6, 6.07) is 0. The second-order valence-corrected chi connectivity index (χ2v) is 4.13. The molecule has 0 spiro atoms. The van der Waals surface area contributed by atoms with Crippen molar-refractivity contribution in [1.82, 2.24) is 4.90 Å². The molecule has 1 unspecified atom stereocenters. The monoisotopic (exact) mass is 221 g/mol. The molecule has 0 aromatic carbocycles. The molecule has 0 aromatic heterocycles. The quantitative estimate of drug-likeness (QED) is 0.748. The summed E-state index contributed by atoms with van der Waals surface area (Å²) in [6.45, 7) is -0.121. The summed E-state index contributed by atoms with van der Waals surface area (Å²) < 4.78 is 13.5. The van der Waals surface area contributed by atoms with Crippen LogP contribution in [-0.4, -0.2) is 52.6 Å². The molecule has 1 amide bonds. The molecule has 1 rings (SSSR count). The fraction of sp³-hybridized carbons (Fsp3) is 0.750. The zero-order valence-electron chi connectivity index (χ0n) is 7.83. The molecule has 1 N–H and O–H groups in total. The highest BCUT2D eigenvalue weighted by Gasteiger charge is 2.46. The largest absolute Gasteiger partial charge is 0.479 e. The number of nitrogens with zero attached hydrogens (tertiary/aromatic N) is 1. The van der Waals surface area contributed by atoms with E-state index >= 15 is 0 Å². The van der Waals surface area contributed by atoms with Crippen LogP contribution in [0.3, 0.4) is 0 Å². The Bertz CT molecular complexity index is 261. The van der Waals surface area contributed by atoms with E-state index in [1.807, 2.05) is 0 Å². The number of hydrogen-bond acceptors (Lipinski definition) is 3. The Hall–Kier alpha value is -0.780. The van der Waals surface area contributed by atoms with Gasteiger partial charge in [-0.05, 0) is 6.26 Å². The van der Waals surface area contributed by atoms with E-state index in [4.69, 9.17) is 5.11 Å². The zero-order chi connectivity index (χ0) is 10.8. The molecule has 0 aromatic rings. The van der Waals surface area contributed by atoms with E-state index in [0.29, 0.717) is 0 Å². The van der Waals surface area contributed by atoms with Gasteiger partial charge in [0.25, 0.3) is 0 Å². The first kappa shape index (κ1) is 11.3. The maximum Gasteiger partial charge on any atom is 0.343 e. The van der Waals surface area contributed by atoms with E-state index in [-0.39, 0.29) is 31.2 Å². The van der Waals surface area contributed by atoms with E-state index in [0.717, 1.165) is 0 Å². The average molecular weight is 221 g/mol. The topological polar surface area (TPSA) is 57.6 Å². The number of alkyl halides is 1. The summed E-state index contributed by atoms with van der Waals surface area (Å²) in [4.78, 5) is 23.1. The molecule has 80 valence electrons. The van der Waals surface area contributed by atoms with E-state index in [1.54, 1.807) is 6.26 Å². The van der Waals surface area contributed by atoms with E-state index < -0.39 is 11.6 Å². The van der Waals surface area contributed by atoms with Crippen molar-refractivity contribution in [2.24, 2.45) is 0 Å². The van der Waals surface area contributed by atoms with Crippen LogP contribution < -0.4 is 0 Å². The summed E-state index contributed by atoms with van der Waals surface area (Å²) in [5, 5.41) is 8.58. The van der Waals surface area contributed by atoms with Gasteiger partial charge in [-0.25, -0.2) is 9.18 Å². The third-order valence-corrected chi connectivity index (χ3v) is 2.76. The molecule has 14 heavy (non-hydrogen) atoms. The van der Waals surface area contributed by atoms with E-state index in [9.17, 15) is 14.0 Å². The van der Waals surface area contributed by atoms with Gasteiger partial charge in [0.15, 0.2) is 0 Å². The summed E-state index contributed by atoms with van der Waals surface area (Å²) in [7, 11) is 0. The first-order valence-electron chi connectivity index (χ1n) is 4.18. The lowest BCUT2D eigenvalue weighted by Crippen LogP contribution is -2.39. The fourth-order valence-electron chi connectivity index (χ4n) is 1.38. The molecule has 0 saturated carbocycles. The minimum Gasteiger partial charge on any atom is -0.479 e. The zero-order valence-corrected chi connectivity index (χ0v) is 8.64. The van der Waals surface area contributed by atoms with Crippen molar-refractivity contribution in [3.8, 4) is 0 Å². The molecule has 1 saturated heterocycles. The second kappa shape index (κ2) is 4.16. The molecule has 1 aliphatic heterocycles. The van der Waals surface area contributed by atoms with Crippen LogP contribution in [0.4, 0.5) is 4.39 Å². The van der Waals surface area contributed by atoms with Crippen LogP contribution in [-0.2, 0) is 9.59 Å². The standard InChI is InChI=1S/C8H12FNO3S/c1-14-4-6(11)10-3-2-8(9,5-10)7(12)13/h2-5H2,1H3,(H,12,13). The molecule has 0 radical (unpaired) electrons. The minimum absolute atomic E-state index is 0.109. The second-order valence-electron chi connectivity index (χ2n) is 3.27. The minimum atomic E-state index is -2.24. The summed E-state index contributed by atoms with van der Waals surface area (Å²) >= 11 is 1.34. The van der Waals surface area contributed by atoms with Crippen molar-refractivity contribution in [2.75, 3.05) is 25.1 Å². The number of carboxylic acid groups (broad SMARTS) is 1. The molecule has 4 nitrogen and oxygen atoms in total. The predicted molar refractivity (Wildman–Crippen MR) is 51.1 cm³/mol. The maximum absolute atomic E-state index is 13.5. The fourth-order valence-corrected chi connectivity index (χ4v) is 1.80. The maximum atomic E-state index is 13.5. The molecule has 6 heteroatoms. The number of carbonyl (C=O) groups is 2. The Morgan fingerprint density at radius 3 is 2.71 bits per heavy atom. The van der Waals surface area contributed by atoms with Gasteiger partial charge in [0.1, 0.15) is 0 Å². The van der Waals surface area contributed by atoms with Crippen molar-refractivity contribution in [3.05, 3.63) is 0 Å². The summed E-state index contributed by atoms with van der Waals surface area (Å²) in [6.07, 6.45) is 1.66. The number of hydrogen-bond donors (Lipinski definition) is 1. The Morgan fingerprint density at radius 2 is 2.29 bits per heavy atom. The molecule has 0 bridgehead atoms. The SMILES string of the molecule is CSCC(=O)N1CCC(F)(C(=O)O)C1. The van der Waals surface area contributed by atoms with Gasteiger partial charge in [-0.15, -0.1) is 0 Å². The van der Waals surface area contributed by atoms with Crippen LogP contribution in [0.15, 0.2) is 0 Å². The number of thioether (sulfide) groups is 1. The molecule has 1 fully saturated rings. The molecular weight excluding hydrogens is 209 g/mol. The van der Waals surface area contributed by atoms with Gasteiger partial charge < -0.3 is 10.0 Å². The van der Waals surface area contributed by atoms with Gasteiger partial charge in [0, 0.05) is 13.0 Å². The molecule has 1 atom stereocenters. The smallest absolute Gasteiger partial charge is 0.343 e. The first-order chi connectivity index (χ1) is 6.49.